The first-order chi connectivity index (χ1) is 7.89. The summed E-state index contributed by atoms with van der Waals surface area (Å²) in [6.45, 7) is 12.0. The summed E-state index contributed by atoms with van der Waals surface area (Å²) in [5, 5.41) is 3.50. The lowest BCUT2D eigenvalue weighted by molar-refractivity contribution is 0.195. The second kappa shape index (κ2) is 6.22. The van der Waals surface area contributed by atoms with Gasteiger partial charge >= 0.3 is 0 Å². The average molecular weight is 238 g/mol. The van der Waals surface area contributed by atoms with Crippen molar-refractivity contribution in [2.75, 3.05) is 20.1 Å². The van der Waals surface area contributed by atoms with Crippen molar-refractivity contribution >= 4 is 0 Å². The van der Waals surface area contributed by atoms with Crippen molar-refractivity contribution in [3.05, 3.63) is 24.2 Å². The Labute approximate surface area is 105 Å². The van der Waals surface area contributed by atoms with Gasteiger partial charge in [0.1, 0.15) is 0 Å². The van der Waals surface area contributed by atoms with Gasteiger partial charge in [0, 0.05) is 31.2 Å². The Morgan fingerprint density at radius 1 is 1.41 bits per heavy atom. The van der Waals surface area contributed by atoms with E-state index in [-0.39, 0.29) is 5.41 Å². The van der Waals surface area contributed by atoms with Gasteiger partial charge in [0.25, 0.3) is 0 Å². The summed E-state index contributed by atoms with van der Waals surface area (Å²) in [7, 11) is 2.16. The Balaban J connectivity index is 2.35. The summed E-state index contributed by atoms with van der Waals surface area (Å²) in [6.07, 6.45) is 3.55. The molecule has 1 heterocycles. The zero-order chi connectivity index (χ0) is 12.9. The van der Waals surface area contributed by atoms with Crippen molar-refractivity contribution in [2.45, 2.75) is 40.3 Å². The van der Waals surface area contributed by atoms with Crippen molar-refractivity contribution in [3.63, 3.8) is 0 Å². The van der Waals surface area contributed by atoms with Gasteiger partial charge in [-0.3, -0.25) is 0 Å². The minimum absolute atomic E-state index is 0.281. The van der Waals surface area contributed by atoms with Gasteiger partial charge < -0.3 is 14.6 Å². The van der Waals surface area contributed by atoms with Crippen molar-refractivity contribution in [3.8, 4) is 0 Å². The summed E-state index contributed by atoms with van der Waals surface area (Å²) in [6, 6.07) is 2.57. The van der Waals surface area contributed by atoms with E-state index in [1.54, 1.807) is 6.26 Å². The number of rotatable bonds is 7. The Hall–Kier alpha value is -0.800. The molecule has 1 aromatic rings. The molecule has 0 bridgehead atoms. The Bertz CT molecular complexity index is 304. The first-order valence-corrected chi connectivity index (χ1v) is 6.32. The summed E-state index contributed by atoms with van der Waals surface area (Å²) >= 11 is 0. The molecule has 0 aromatic carbocycles. The molecular formula is C14H26N2O. The minimum atomic E-state index is 0.281. The van der Waals surface area contributed by atoms with E-state index in [4.69, 9.17) is 4.42 Å². The van der Waals surface area contributed by atoms with Crippen LogP contribution in [-0.2, 0) is 6.54 Å². The molecule has 17 heavy (non-hydrogen) atoms. The highest BCUT2D eigenvalue weighted by atomic mass is 16.3. The van der Waals surface area contributed by atoms with E-state index >= 15 is 0 Å². The zero-order valence-corrected chi connectivity index (χ0v) is 11.8. The SMILES string of the molecule is CC(C)NCC(C)(C)CN(C)Cc1ccoc1. The Morgan fingerprint density at radius 3 is 2.65 bits per heavy atom. The molecule has 0 aliphatic carbocycles. The van der Waals surface area contributed by atoms with Crippen LogP contribution in [0.2, 0.25) is 0 Å². The molecule has 0 saturated carbocycles. The van der Waals surface area contributed by atoms with E-state index in [2.05, 4.69) is 45.0 Å². The standard InChI is InChI=1S/C14H26N2O/c1-12(2)15-10-14(3,4)11-16(5)8-13-6-7-17-9-13/h6-7,9,12,15H,8,10-11H2,1-5H3. The molecule has 1 N–H and O–H groups in total. The number of nitrogens with one attached hydrogen (secondary N) is 1. The quantitative estimate of drug-likeness (QED) is 0.791. The topological polar surface area (TPSA) is 28.4 Å². The number of hydrogen-bond donors (Lipinski definition) is 1. The number of hydrogen-bond acceptors (Lipinski definition) is 3. The first kappa shape index (κ1) is 14.3. The molecule has 1 aromatic heterocycles. The third-order valence-electron chi connectivity index (χ3n) is 2.72. The molecule has 3 heteroatoms. The van der Waals surface area contributed by atoms with Crippen LogP contribution in [0, 0.1) is 5.41 Å². The number of nitrogens with zero attached hydrogens (tertiary/aromatic N) is 1. The highest BCUT2D eigenvalue weighted by Crippen LogP contribution is 2.17. The molecule has 0 spiro atoms. The van der Waals surface area contributed by atoms with Crippen LogP contribution in [0.3, 0.4) is 0 Å². The van der Waals surface area contributed by atoms with Crippen LogP contribution in [0.4, 0.5) is 0 Å². The Kier molecular flexibility index (Phi) is 5.22. The molecule has 0 fully saturated rings. The van der Waals surface area contributed by atoms with E-state index < -0.39 is 0 Å². The van der Waals surface area contributed by atoms with Gasteiger partial charge in [-0.25, -0.2) is 0 Å². The summed E-state index contributed by atoms with van der Waals surface area (Å²) in [5.74, 6) is 0. The molecular weight excluding hydrogens is 212 g/mol. The molecule has 0 atom stereocenters. The second-order valence-electron chi connectivity index (χ2n) is 6.00. The van der Waals surface area contributed by atoms with Gasteiger partial charge in [0.15, 0.2) is 0 Å². The molecule has 0 aliphatic heterocycles. The predicted octanol–water partition coefficient (Wildman–Crippen LogP) is 2.74. The third kappa shape index (κ3) is 5.89. The van der Waals surface area contributed by atoms with E-state index in [0.717, 1.165) is 19.6 Å². The molecule has 1 rings (SSSR count). The van der Waals surface area contributed by atoms with Crippen molar-refractivity contribution in [2.24, 2.45) is 5.41 Å². The van der Waals surface area contributed by atoms with Crippen LogP contribution < -0.4 is 5.32 Å². The van der Waals surface area contributed by atoms with Crippen LogP contribution >= 0.6 is 0 Å². The maximum atomic E-state index is 5.09. The first-order valence-electron chi connectivity index (χ1n) is 6.32. The zero-order valence-electron chi connectivity index (χ0n) is 11.8. The normalized spacial score (nSPS) is 12.6. The second-order valence-corrected chi connectivity index (χ2v) is 6.00. The lowest BCUT2D eigenvalue weighted by Crippen LogP contribution is -2.40. The fourth-order valence-corrected chi connectivity index (χ4v) is 2.02. The van der Waals surface area contributed by atoms with Crippen LogP contribution in [0.15, 0.2) is 23.0 Å². The predicted molar refractivity (Wildman–Crippen MR) is 72.0 cm³/mol. The largest absolute Gasteiger partial charge is 0.472 e. The molecule has 0 amide bonds. The monoisotopic (exact) mass is 238 g/mol. The maximum Gasteiger partial charge on any atom is 0.0947 e. The lowest BCUT2D eigenvalue weighted by Gasteiger charge is -2.31. The molecule has 0 saturated heterocycles. The van der Waals surface area contributed by atoms with Crippen molar-refractivity contribution < 1.29 is 4.42 Å². The van der Waals surface area contributed by atoms with Crippen LogP contribution in [-0.4, -0.2) is 31.1 Å². The lowest BCUT2D eigenvalue weighted by atomic mass is 9.92. The Morgan fingerprint density at radius 2 is 2.12 bits per heavy atom. The summed E-state index contributed by atoms with van der Waals surface area (Å²) < 4.78 is 5.09. The summed E-state index contributed by atoms with van der Waals surface area (Å²) in [4.78, 5) is 2.34. The maximum absolute atomic E-state index is 5.09. The molecule has 0 radical (unpaired) electrons. The van der Waals surface area contributed by atoms with E-state index in [0.29, 0.717) is 6.04 Å². The van der Waals surface area contributed by atoms with E-state index in [1.165, 1.54) is 5.56 Å². The fraction of sp³-hybridized carbons (Fsp3) is 0.714. The smallest absolute Gasteiger partial charge is 0.0947 e. The van der Waals surface area contributed by atoms with Crippen molar-refractivity contribution in [1.82, 2.24) is 10.2 Å². The van der Waals surface area contributed by atoms with Gasteiger partial charge in [-0.05, 0) is 18.5 Å². The van der Waals surface area contributed by atoms with E-state index in [9.17, 15) is 0 Å². The third-order valence-corrected chi connectivity index (χ3v) is 2.72. The van der Waals surface area contributed by atoms with Gasteiger partial charge in [-0.15, -0.1) is 0 Å². The van der Waals surface area contributed by atoms with Gasteiger partial charge in [0.2, 0.25) is 0 Å². The van der Waals surface area contributed by atoms with Gasteiger partial charge in [-0.2, -0.15) is 0 Å². The molecule has 0 aliphatic rings. The van der Waals surface area contributed by atoms with Crippen LogP contribution in [0.25, 0.3) is 0 Å². The van der Waals surface area contributed by atoms with E-state index in [1.807, 2.05) is 12.3 Å². The highest BCUT2D eigenvalue weighted by molar-refractivity contribution is 5.04. The van der Waals surface area contributed by atoms with Crippen LogP contribution in [0.1, 0.15) is 33.3 Å². The van der Waals surface area contributed by atoms with Crippen molar-refractivity contribution in [1.29, 1.82) is 0 Å². The van der Waals surface area contributed by atoms with Gasteiger partial charge in [-0.1, -0.05) is 27.7 Å². The molecule has 0 unspecified atom stereocenters. The van der Waals surface area contributed by atoms with Crippen LogP contribution in [0.5, 0.6) is 0 Å². The molecule has 3 nitrogen and oxygen atoms in total. The highest BCUT2D eigenvalue weighted by Gasteiger charge is 2.20. The van der Waals surface area contributed by atoms with Gasteiger partial charge in [0.05, 0.1) is 12.5 Å². The molecule has 98 valence electrons. The number of furan rings is 1. The summed E-state index contributed by atoms with van der Waals surface area (Å²) in [5.41, 5.74) is 1.52. The average Bonchev–Trinajstić information content (AvgIpc) is 2.66. The minimum Gasteiger partial charge on any atom is -0.472 e. The fourth-order valence-electron chi connectivity index (χ4n) is 2.02.